The van der Waals surface area contributed by atoms with Crippen molar-refractivity contribution in [2.24, 2.45) is 5.10 Å². The SMILES string of the molecule is Cc1csc(N/N=C/c2ccccc2OCc2ccc(F)cc2)n1. The third kappa shape index (κ3) is 4.39. The highest BCUT2D eigenvalue weighted by atomic mass is 32.1. The molecule has 1 aromatic heterocycles. The molecule has 0 saturated heterocycles. The molecule has 1 heterocycles. The normalized spacial score (nSPS) is 10.9. The van der Waals surface area contributed by atoms with Gasteiger partial charge in [0, 0.05) is 10.9 Å². The van der Waals surface area contributed by atoms with Crippen LogP contribution in [-0.2, 0) is 6.61 Å². The summed E-state index contributed by atoms with van der Waals surface area (Å²) in [6, 6.07) is 13.9. The third-order valence-electron chi connectivity index (χ3n) is 3.21. The van der Waals surface area contributed by atoms with Crippen molar-refractivity contribution in [2.45, 2.75) is 13.5 Å². The molecular weight excluding hydrogens is 325 g/mol. The van der Waals surface area contributed by atoms with Gasteiger partial charge < -0.3 is 4.74 Å². The Labute approximate surface area is 143 Å². The van der Waals surface area contributed by atoms with Gasteiger partial charge in [0.1, 0.15) is 18.2 Å². The van der Waals surface area contributed by atoms with E-state index in [9.17, 15) is 4.39 Å². The van der Waals surface area contributed by atoms with Crippen LogP contribution in [0.4, 0.5) is 9.52 Å². The van der Waals surface area contributed by atoms with E-state index in [-0.39, 0.29) is 5.82 Å². The smallest absolute Gasteiger partial charge is 0.203 e. The van der Waals surface area contributed by atoms with Crippen molar-refractivity contribution in [1.82, 2.24) is 4.98 Å². The molecule has 0 bridgehead atoms. The number of nitrogens with zero attached hydrogens (tertiary/aromatic N) is 2. The van der Waals surface area contributed by atoms with E-state index in [1.165, 1.54) is 23.5 Å². The van der Waals surface area contributed by atoms with Crippen LogP contribution in [0.1, 0.15) is 16.8 Å². The minimum atomic E-state index is -0.255. The molecular formula is C18H16FN3OS. The van der Waals surface area contributed by atoms with Gasteiger partial charge in [0.05, 0.1) is 11.9 Å². The topological polar surface area (TPSA) is 46.5 Å². The summed E-state index contributed by atoms with van der Waals surface area (Å²) >= 11 is 1.50. The van der Waals surface area contributed by atoms with Crippen molar-refractivity contribution in [2.75, 3.05) is 5.43 Å². The standard InChI is InChI=1S/C18H16FN3OS/c1-13-12-24-18(21-13)22-20-10-15-4-2-3-5-17(15)23-11-14-6-8-16(19)9-7-14/h2-10,12H,11H2,1H3,(H,21,22)/b20-10+. The first-order chi connectivity index (χ1) is 11.7. The molecule has 0 amide bonds. The Morgan fingerprint density at radius 1 is 1.21 bits per heavy atom. The summed E-state index contributed by atoms with van der Waals surface area (Å²) in [6.45, 7) is 2.30. The van der Waals surface area contributed by atoms with Crippen molar-refractivity contribution in [3.8, 4) is 5.75 Å². The van der Waals surface area contributed by atoms with Crippen LogP contribution >= 0.6 is 11.3 Å². The van der Waals surface area contributed by atoms with Gasteiger partial charge in [-0.05, 0) is 36.8 Å². The van der Waals surface area contributed by atoms with Crippen LogP contribution in [-0.4, -0.2) is 11.2 Å². The van der Waals surface area contributed by atoms with Gasteiger partial charge in [0.25, 0.3) is 0 Å². The minimum Gasteiger partial charge on any atom is -0.488 e. The van der Waals surface area contributed by atoms with Gasteiger partial charge >= 0.3 is 0 Å². The number of aryl methyl sites for hydroxylation is 1. The van der Waals surface area contributed by atoms with E-state index in [4.69, 9.17) is 4.74 Å². The number of ether oxygens (including phenoxy) is 1. The van der Waals surface area contributed by atoms with E-state index in [2.05, 4.69) is 15.5 Å². The number of thiazole rings is 1. The average molecular weight is 341 g/mol. The molecule has 0 fully saturated rings. The zero-order valence-corrected chi connectivity index (χ0v) is 13.9. The first-order valence-electron chi connectivity index (χ1n) is 7.38. The van der Waals surface area contributed by atoms with Crippen LogP contribution in [0, 0.1) is 12.7 Å². The third-order valence-corrected chi connectivity index (χ3v) is 4.07. The number of hydrogen-bond donors (Lipinski definition) is 1. The number of hydrogen-bond acceptors (Lipinski definition) is 5. The van der Waals surface area contributed by atoms with E-state index in [0.717, 1.165) is 22.0 Å². The Morgan fingerprint density at radius 3 is 2.75 bits per heavy atom. The predicted molar refractivity (Wildman–Crippen MR) is 95.2 cm³/mol. The van der Waals surface area contributed by atoms with Gasteiger partial charge in [-0.2, -0.15) is 5.10 Å². The summed E-state index contributed by atoms with van der Waals surface area (Å²) in [5.74, 6) is 0.456. The lowest BCUT2D eigenvalue weighted by Gasteiger charge is -2.09. The summed E-state index contributed by atoms with van der Waals surface area (Å²) in [6.07, 6.45) is 1.69. The highest BCUT2D eigenvalue weighted by Crippen LogP contribution is 2.18. The van der Waals surface area contributed by atoms with Gasteiger partial charge in [-0.1, -0.05) is 24.3 Å². The van der Waals surface area contributed by atoms with Crippen molar-refractivity contribution >= 4 is 22.7 Å². The van der Waals surface area contributed by atoms with E-state index in [0.29, 0.717) is 12.4 Å². The first kappa shape index (κ1) is 16.1. The highest BCUT2D eigenvalue weighted by molar-refractivity contribution is 7.13. The summed E-state index contributed by atoms with van der Waals surface area (Å²) in [4.78, 5) is 4.28. The van der Waals surface area contributed by atoms with Crippen molar-refractivity contribution in [3.63, 3.8) is 0 Å². The van der Waals surface area contributed by atoms with Crippen LogP contribution in [0.25, 0.3) is 0 Å². The van der Waals surface area contributed by atoms with E-state index >= 15 is 0 Å². The molecule has 3 aromatic rings. The van der Waals surface area contributed by atoms with Crippen molar-refractivity contribution in [3.05, 3.63) is 76.5 Å². The molecule has 0 radical (unpaired) electrons. The fourth-order valence-corrected chi connectivity index (χ4v) is 2.66. The molecule has 0 unspecified atom stereocenters. The lowest BCUT2D eigenvalue weighted by molar-refractivity contribution is 0.305. The molecule has 0 aliphatic rings. The van der Waals surface area contributed by atoms with Crippen LogP contribution in [0.3, 0.4) is 0 Å². The summed E-state index contributed by atoms with van der Waals surface area (Å²) < 4.78 is 18.7. The maximum Gasteiger partial charge on any atom is 0.203 e. The largest absolute Gasteiger partial charge is 0.488 e. The summed E-state index contributed by atoms with van der Waals surface area (Å²) in [7, 11) is 0. The number of rotatable bonds is 6. The van der Waals surface area contributed by atoms with Crippen LogP contribution in [0.15, 0.2) is 59.0 Å². The average Bonchev–Trinajstić information content (AvgIpc) is 3.01. The Bertz CT molecular complexity index is 830. The minimum absolute atomic E-state index is 0.255. The maximum absolute atomic E-state index is 12.9. The molecule has 122 valence electrons. The van der Waals surface area contributed by atoms with E-state index in [1.54, 1.807) is 18.3 Å². The Hall–Kier alpha value is -2.73. The van der Waals surface area contributed by atoms with E-state index in [1.807, 2.05) is 36.6 Å². The zero-order valence-electron chi connectivity index (χ0n) is 13.1. The molecule has 0 atom stereocenters. The van der Waals surface area contributed by atoms with E-state index < -0.39 is 0 Å². The predicted octanol–water partition coefficient (Wildman–Crippen LogP) is 4.62. The van der Waals surface area contributed by atoms with Crippen molar-refractivity contribution in [1.29, 1.82) is 0 Å². The second-order valence-electron chi connectivity index (χ2n) is 5.12. The lowest BCUT2D eigenvalue weighted by atomic mass is 10.2. The monoisotopic (exact) mass is 341 g/mol. The van der Waals surface area contributed by atoms with Gasteiger partial charge in [-0.25, -0.2) is 9.37 Å². The number of benzene rings is 2. The number of halogens is 1. The molecule has 0 aliphatic heterocycles. The number of para-hydroxylation sites is 1. The van der Waals surface area contributed by atoms with Crippen LogP contribution in [0.5, 0.6) is 5.75 Å². The molecule has 1 N–H and O–H groups in total. The number of aromatic nitrogens is 1. The second kappa shape index (κ2) is 7.70. The van der Waals surface area contributed by atoms with Gasteiger partial charge in [0.15, 0.2) is 0 Å². The van der Waals surface area contributed by atoms with Gasteiger partial charge in [-0.3, -0.25) is 5.43 Å². The van der Waals surface area contributed by atoms with Crippen LogP contribution in [0.2, 0.25) is 0 Å². The highest BCUT2D eigenvalue weighted by Gasteiger charge is 2.02. The van der Waals surface area contributed by atoms with Crippen LogP contribution < -0.4 is 10.2 Å². The summed E-state index contributed by atoms with van der Waals surface area (Å²) in [5.41, 5.74) is 5.61. The Balaban J connectivity index is 1.65. The fourth-order valence-electron chi connectivity index (χ4n) is 2.02. The number of nitrogens with one attached hydrogen (secondary N) is 1. The number of hydrazone groups is 1. The quantitative estimate of drug-likeness (QED) is 0.526. The molecule has 0 aliphatic carbocycles. The molecule has 4 nitrogen and oxygen atoms in total. The number of anilines is 1. The molecule has 0 saturated carbocycles. The second-order valence-corrected chi connectivity index (χ2v) is 5.98. The lowest BCUT2D eigenvalue weighted by Crippen LogP contribution is -1.99. The van der Waals surface area contributed by atoms with Gasteiger partial charge in [0.2, 0.25) is 5.13 Å². The molecule has 0 spiro atoms. The Morgan fingerprint density at radius 2 is 2.00 bits per heavy atom. The first-order valence-corrected chi connectivity index (χ1v) is 8.26. The molecule has 24 heavy (non-hydrogen) atoms. The molecule has 2 aromatic carbocycles. The van der Waals surface area contributed by atoms with Crippen molar-refractivity contribution < 1.29 is 9.13 Å². The maximum atomic E-state index is 12.9. The fraction of sp³-hybridized carbons (Fsp3) is 0.111. The molecule has 6 heteroatoms. The zero-order chi connectivity index (χ0) is 16.8. The Kier molecular flexibility index (Phi) is 5.18. The summed E-state index contributed by atoms with van der Waals surface area (Å²) in [5, 5.41) is 6.90. The molecule has 3 rings (SSSR count). The van der Waals surface area contributed by atoms with Gasteiger partial charge in [-0.15, -0.1) is 11.3 Å².